The van der Waals surface area contributed by atoms with Crippen LogP contribution in [0.25, 0.3) is 21.9 Å². The number of urea groups is 1. The lowest BCUT2D eigenvalue weighted by atomic mass is 10.0. The fraction of sp³-hybridized carbons (Fsp3) is 0.391. The first kappa shape index (κ1) is 107. The molecule has 0 fully saturated rings. The van der Waals surface area contributed by atoms with Gasteiger partial charge in [-0.05, 0) is 139 Å². The van der Waals surface area contributed by atoms with Crippen LogP contribution in [-0.4, -0.2) is 250 Å². The first-order valence-electron chi connectivity index (χ1n) is 44.2. The van der Waals surface area contributed by atoms with Crippen molar-refractivity contribution < 1.29 is 107 Å². The standard InChI is InChI=1S/C92H115FN22O21S2/c1-6-10-63-79(124)106-65(29-30-74(121)122)80(125)107-67(34-50-17-24-59(119)25-18-50)83(128)105-64(11-7-2)81(126)114-76(47(4)117)90(135)112-72(77(94)123)44-137-42-52-12-8-13-53(32-52)43-138-45-73(113-82(127)66(101-48(5)118)33-49-15-22-57(23-16-49)103-92(97)136)88(133)109-70(39-58-37-54-36-56(93)21-28-62(54)102-58)86(131)108-68(35-51-19-26-60(120)27-20-51)84(129)111-71(41-100-91(95)96)87(132)115-75(46(3)116)89(134)110-69(85(130)104-63)38-55-40-99-78-61(55)14-9-31-98-78/h8-9,12-28,31-32,36-37,40,46-47,63-73,75-76,102,116-117,119-120H,6-7,10-11,29-30,33-35,38-39,41-45H2,1-5H3,(H2,94,123)(H,98,99)(H,101,118)(H,104,130)(H,105,128)(H,106,124)(H,107,125)(H,108,131)(H,109,133)(H,110,134)(H,111,129)(H,112,135)(H,113,127)(H,114,126)(H,115,132)(H,121,122)(H4,95,96,100)(H3,97,103,136)/t46-,47-,63+,64+,65+,66+,67+,68+,69+,70+,71+,72+,73+,75+,76+/m1/s1. The number of carboxylic acids is 1. The lowest BCUT2D eigenvalue weighted by Gasteiger charge is -2.29. The lowest BCUT2D eigenvalue weighted by Crippen LogP contribution is -2.64. The number of phenolic OH excluding ortho intramolecular Hbond substituents is 2. The number of carboxylic acid groups (broad SMARTS) is 1. The number of rotatable bonds is 26. The molecule has 4 heterocycles. The quantitative estimate of drug-likeness (QED) is 0.0235. The minimum Gasteiger partial charge on any atom is -0.508 e. The van der Waals surface area contributed by atoms with Gasteiger partial charge in [-0.3, -0.25) is 77.3 Å². The van der Waals surface area contributed by atoms with Crippen LogP contribution >= 0.6 is 23.5 Å². The number of H-pyrrole nitrogens is 2. The van der Waals surface area contributed by atoms with Crippen LogP contribution in [0.15, 0.2) is 146 Å². The van der Waals surface area contributed by atoms with Crippen LogP contribution in [0.3, 0.4) is 0 Å². The number of hydrogen-bond acceptors (Lipinski definition) is 24. The maximum atomic E-state index is 15.6. The molecule has 0 aliphatic carbocycles. The molecule has 16 amide bonds. The Bertz CT molecular complexity index is 5690. The fourth-order valence-electron chi connectivity index (χ4n) is 14.9. The highest BCUT2D eigenvalue weighted by Gasteiger charge is 2.40. The summed E-state index contributed by atoms with van der Waals surface area (Å²) in [5.74, 6) is -18.5. The zero-order chi connectivity index (χ0) is 101. The largest absolute Gasteiger partial charge is 0.508 e. The van der Waals surface area contributed by atoms with E-state index in [0.29, 0.717) is 55.4 Å². The number of aromatic hydroxyl groups is 2. The van der Waals surface area contributed by atoms with Crippen molar-refractivity contribution in [3.63, 3.8) is 0 Å². The number of fused-ring (bicyclic) bond motifs is 4. The number of aromatic nitrogens is 3. The number of nitrogens with two attached hydrogens (primary N) is 3. The molecule has 0 saturated carbocycles. The third-order valence-corrected chi connectivity index (χ3v) is 24.2. The third-order valence-electron chi connectivity index (χ3n) is 22.0. The summed E-state index contributed by atoms with van der Waals surface area (Å²) in [4.78, 5) is 241. The average Bonchev–Trinajstić information content (AvgIpc) is 1.65. The lowest BCUT2D eigenvalue weighted by molar-refractivity contribution is -0.139. The molecule has 15 atom stereocenters. The number of carbonyl (C=O) groups is 16. The molecule has 0 unspecified atom stereocenters. The Labute approximate surface area is 799 Å². The summed E-state index contributed by atoms with van der Waals surface area (Å²) < 4.78 is 14.9. The van der Waals surface area contributed by atoms with E-state index in [1.807, 2.05) is 0 Å². The van der Waals surface area contributed by atoms with Crippen molar-refractivity contribution in [2.75, 3.05) is 23.4 Å². The van der Waals surface area contributed by atoms with Gasteiger partial charge in [0.2, 0.25) is 82.7 Å². The summed E-state index contributed by atoms with van der Waals surface area (Å²) in [5.41, 5.74) is 20.8. The number of phenols is 2. The second-order valence-electron chi connectivity index (χ2n) is 33.2. The Balaban J connectivity index is 1.12. The van der Waals surface area contributed by atoms with E-state index in [4.69, 9.17) is 22.6 Å². The number of anilines is 1. The molecular weight excluding hydrogens is 1830 g/mol. The SMILES string of the molecule is CCC[C@@H]1NC(=O)[C@H](Cc2c[nH]c3ncccc23)NC(=O)[C@H]([C@@H](C)O)NC(=O)[C@H](CNC(=N)N)NC(=O)[C@H](Cc2ccc(O)cc2)NC(=O)[C@H](Cc2cc3cc(F)ccc3[nH]2)NC(=O)[C@@H](NC(=O)[C@H](Cc2ccc(NC(N)=O)cc2)NC(C)=O)CSCc2cccc(c2)CSC[C@@H](C(N)=O)NC(=O)[C@H]([C@@H](C)O)NC(=O)[C@H](CCC)NC(=O)[C@H](Cc2ccc(O)cc2)NC(=O)[C@H](CCC(=O)O)NC1=O. The summed E-state index contributed by atoms with van der Waals surface area (Å²) in [6, 6.07) is 8.92. The summed E-state index contributed by atoms with van der Waals surface area (Å²) in [7, 11) is 0. The number of primary amides is 2. The molecule has 138 heavy (non-hydrogen) atoms. The number of pyridine rings is 1. The number of nitrogens with zero attached hydrogens (tertiary/aromatic N) is 1. The van der Waals surface area contributed by atoms with E-state index < -0.39 is 242 Å². The van der Waals surface area contributed by atoms with Crippen LogP contribution in [-0.2, 0) is 116 Å². The van der Waals surface area contributed by atoms with Crippen LogP contribution in [0.1, 0.15) is 112 Å². The van der Waals surface area contributed by atoms with Crippen LogP contribution in [0.5, 0.6) is 11.5 Å². The average molecular weight is 1950 g/mol. The zero-order valence-corrected chi connectivity index (χ0v) is 77.6. The predicted octanol–water partition coefficient (Wildman–Crippen LogP) is -0.704. The van der Waals surface area contributed by atoms with Crippen molar-refractivity contribution in [2.45, 2.75) is 208 Å². The Morgan fingerprint density at radius 2 is 1.01 bits per heavy atom. The number of aliphatic hydroxyl groups is 2. The van der Waals surface area contributed by atoms with Gasteiger partial charge in [0, 0.05) is 115 Å². The van der Waals surface area contributed by atoms with Crippen LogP contribution in [0.2, 0.25) is 0 Å². The van der Waals surface area contributed by atoms with Gasteiger partial charge in [0.1, 0.15) is 102 Å². The molecule has 2 bridgehead atoms. The number of aromatic amines is 2. The van der Waals surface area contributed by atoms with Crippen molar-refractivity contribution >= 4 is 152 Å². The number of amides is 16. The van der Waals surface area contributed by atoms with Gasteiger partial charge < -0.3 is 132 Å². The molecule has 9 rings (SSSR count). The first-order chi connectivity index (χ1) is 65.7. The number of aliphatic carboxylic acids is 1. The Hall–Kier alpha value is -14.9. The van der Waals surface area contributed by atoms with E-state index in [2.05, 4.69) is 94.7 Å². The molecule has 46 heteroatoms. The van der Waals surface area contributed by atoms with Gasteiger partial charge in [0.15, 0.2) is 5.96 Å². The van der Waals surface area contributed by atoms with E-state index >= 15 is 28.8 Å². The van der Waals surface area contributed by atoms with Crippen molar-refractivity contribution in [1.29, 1.82) is 5.41 Å². The van der Waals surface area contributed by atoms with Crippen molar-refractivity contribution in [1.82, 2.24) is 89.4 Å². The highest BCUT2D eigenvalue weighted by molar-refractivity contribution is 7.98. The third kappa shape index (κ3) is 33.0. The van der Waals surface area contributed by atoms with Gasteiger partial charge in [0.05, 0.1) is 12.2 Å². The molecule has 29 N–H and O–H groups in total. The second kappa shape index (κ2) is 51.7. The Kier molecular flexibility index (Phi) is 40.0. The van der Waals surface area contributed by atoms with E-state index in [0.717, 1.165) is 44.3 Å². The van der Waals surface area contributed by atoms with Crippen molar-refractivity contribution in [3.8, 4) is 11.5 Å². The predicted molar refractivity (Wildman–Crippen MR) is 507 cm³/mol. The molecule has 3 aromatic heterocycles. The molecule has 43 nitrogen and oxygen atoms in total. The summed E-state index contributed by atoms with van der Waals surface area (Å²) >= 11 is 2.25. The maximum Gasteiger partial charge on any atom is 0.316 e. The molecule has 1 aliphatic rings. The molecule has 0 spiro atoms. The minimum atomic E-state index is -2.08. The minimum absolute atomic E-state index is 0.101. The highest BCUT2D eigenvalue weighted by atomic mass is 32.2. The topological polar surface area (TPSA) is 701 Å². The van der Waals surface area contributed by atoms with Gasteiger partial charge in [-0.25, -0.2) is 14.2 Å². The number of carbonyl (C=O) groups excluding carboxylic acids is 15. The number of aliphatic hydroxyl groups excluding tert-OH is 2. The van der Waals surface area contributed by atoms with Gasteiger partial charge in [-0.2, -0.15) is 23.5 Å². The maximum absolute atomic E-state index is 15.6. The Morgan fingerprint density at radius 3 is 1.54 bits per heavy atom. The molecule has 0 radical (unpaired) electrons. The summed E-state index contributed by atoms with van der Waals surface area (Å²) in [6.07, 6.45) is -4.06. The molecule has 0 saturated heterocycles. The van der Waals surface area contributed by atoms with E-state index in [9.17, 15) is 77.9 Å². The number of benzene rings is 5. The number of hydrogen-bond donors (Lipinski definition) is 26. The van der Waals surface area contributed by atoms with E-state index in [1.165, 1.54) is 97.3 Å². The van der Waals surface area contributed by atoms with Crippen LogP contribution in [0, 0.1) is 11.2 Å². The van der Waals surface area contributed by atoms with E-state index in [-0.39, 0.29) is 77.9 Å². The van der Waals surface area contributed by atoms with Gasteiger partial charge in [0.25, 0.3) is 0 Å². The number of nitrogens with one attached hydrogen (secondary N) is 18. The zero-order valence-electron chi connectivity index (χ0n) is 76.0. The van der Waals surface area contributed by atoms with E-state index in [1.54, 1.807) is 62.4 Å². The molecule has 8 aromatic rings. The smallest absolute Gasteiger partial charge is 0.316 e. The molecule has 5 aromatic carbocycles. The normalized spacial score (nSPS) is 21.8. The van der Waals surface area contributed by atoms with Gasteiger partial charge in [-0.1, -0.05) is 87.4 Å². The second-order valence-corrected chi connectivity index (χ2v) is 35.2. The Morgan fingerprint density at radius 1 is 0.536 bits per heavy atom. The fourth-order valence-corrected chi connectivity index (χ4v) is 16.9. The first-order valence-corrected chi connectivity index (χ1v) is 46.5. The highest BCUT2D eigenvalue weighted by Crippen LogP contribution is 2.25. The molecule has 1 aliphatic heterocycles. The summed E-state index contributed by atoms with van der Waals surface area (Å²) in [5, 5.41) is 101. The van der Waals surface area contributed by atoms with Crippen LogP contribution in [0.4, 0.5) is 14.9 Å². The monoisotopic (exact) mass is 1950 g/mol. The number of halogens is 1. The molecule has 738 valence electrons. The van der Waals surface area contributed by atoms with Crippen molar-refractivity contribution in [2.24, 2.45) is 17.2 Å². The van der Waals surface area contributed by atoms with Crippen LogP contribution < -0.4 is 97.0 Å². The van der Waals surface area contributed by atoms with Gasteiger partial charge >= 0.3 is 12.0 Å². The van der Waals surface area contributed by atoms with Gasteiger partial charge in [-0.15, -0.1) is 0 Å². The number of guanidine groups is 1. The number of thioether (sulfide) groups is 2. The molecular formula is C92H115FN22O21S2. The summed E-state index contributed by atoms with van der Waals surface area (Å²) in [6.45, 7) is 5.91. The van der Waals surface area contributed by atoms with Crippen molar-refractivity contribution in [3.05, 3.63) is 191 Å².